The van der Waals surface area contributed by atoms with Gasteiger partial charge in [0.2, 0.25) is 5.91 Å². The molecule has 2 amide bonds. The number of carboxylic acids is 1. The van der Waals surface area contributed by atoms with E-state index in [0.29, 0.717) is 17.6 Å². The van der Waals surface area contributed by atoms with Crippen LogP contribution in [0.15, 0.2) is 18.5 Å². The molecule has 0 fully saturated rings. The van der Waals surface area contributed by atoms with Crippen molar-refractivity contribution in [2.45, 2.75) is 46.2 Å². The molecule has 146 valence electrons. The van der Waals surface area contributed by atoms with Crippen molar-refractivity contribution in [2.75, 3.05) is 6.54 Å². The molecule has 9 heteroatoms. The fraction of sp³-hybridized carbons (Fsp3) is 0.500. The predicted molar refractivity (Wildman–Crippen MR) is 99.3 cm³/mol. The Morgan fingerprint density at radius 1 is 1.19 bits per heavy atom. The fourth-order valence-corrected chi connectivity index (χ4v) is 2.64. The van der Waals surface area contributed by atoms with Crippen LogP contribution in [-0.4, -0.2) is 50.2 Å². The number of nitrogens with zero attached hydrogens (tertiary/aromatic N) is 3. The Morgan fingerprint density at radius 3 is 2.48 bits per heavy atom. The molecule has 2 rings (SSSR count). The first-order valence-corrected chi connectivity index (χ1v) is 8.82. The molecule has 0 radical (unpaired) electrons. The number of rotatable bonds is 8. The quantitative estimate of drug-likeness (QED) is 0.639. The minimum Gasteiger partial charge on any atom is -0.480 e. The van der Waals surface area contributed by atoms with E-state index in [-0.39, 0.29) is 18.5 Å². The van der Waals surface area contributed by atoms with Gasteiger partial charge in [-0.1, -0.05) is 13.8 Å². The number of amides is 2. The summed E-state index contributed by atoms with van der Waals surface area (Å²) in [5.74, 6) is -2.00. The molecular weight excluding hydrogens is 350 g/mol. The van der Waals surface area contributed by atoms with Crippen LogP contribution in [0.5, 0.6) is 0 Å². The summed E-state index contributed by atoms with van der Waals surface area (Å²) < 4.78 is 1.76. The highest BCUT2D eigenvalue weighted by Crippen LogP contribution is 2.16. The van der Waals surface area contributed by atoms with Crippen LogP contribution >= 0.6 is 0 Å². The first-order chi connectivity index (χ1) is 12.7. The van der Waals surface area contributed by atoms with E-state index in [1.807, 2.05) is 27.7 Å². The Labute approximate surface area is 157 Å². The molecule has 2 aromatic rings. The lowest BCUT2D eigenvalue weighted by molar-refractivity contribution is -0.142. The predicted octanol–water partition coefficient (Wildman–Crippen LogP) is 1.36. The van der Waals surface area contributed by atoms with Gasteiger partial charge >= 0.3 is 5.97 Å². The van der Waals surface area contributed by atoms with Crippen molar-refractivity contribution in [3.63, 3.8) is 0 Å². The van der Waals surface area contributed by atoms with Crippen molar-refractivity contribution in [3.05, 3.63) is 24.0 Å². The molecule has 0 aliphatic carbocycles. The average Bonchev–Trinajstić information content (AvgIpc) is 3.01. The van der Waals surface area contributed by atoms with Gasteiger partial charge in [-0.15, -0.1) is 0 Å². The zero-order valence-corrected chi connectivity index (χ0v) is 15.9. The number of aromatic nitrogens is 3. The van der Waals surface area contributed by atoms with Gasteiger partial charge in [0, 0.05) is 17.6 Å². The number of hydrogen-bond acceptors (Lipinski definition) is 5. The summed E-state index contributed by atoms with van der Waals surface area (Å²) in [5, 5.41) is 19.0. The number of pyridine rings is 1. The third-order valence-electron chi connectivity index (χ3n) is 3.93. The molecule has 3 N–H and O–H groups in total. The lowest BCUT2D eigenvalue weighted by Gasteiger charge is -2.16. The van der Waals surface area contributed by atoms with Crippen LogP contribution in [0.4, 0.5) is 0 Å². The SMILES string of the molecule is CC(C)C[C@H](NC(=O)CNC(=O)c1cnc2c(cnn2C(C)C)c1)C(=O)O. The Balaban J connectivity index is 1.97. The molecule has 0 aliphatic rings. The monoisotopic (exact) mass is 375 g/mol. The minimum absolute atomic E-state index is 0.116. The van der Waals surface area contributed by atoms with Crippen molar-refractivity contribution in [2.24, 2.45) is 5.92 Å². The number of fused-ring (bicyclic) bond motifs is 1. The molecular formula is C18H25N5O4. The first kappa shape index (κ1) is 20.3. The van der Waals surface area contributed by atoms with Crippen molar-refractivity contribution >= 4 is 28.8 Å². The van der Waals surface area contributed by atoms with E-state index in [9.17, 15) is 14.4 Å². The highest BCUT2D eigenvalue weighted by Gasteiger charge is 2.21. The van der Waals surface area contributed by atoms with E-state index in [1.165, 1.54) is 6.20 Å². The fourth-order valence-electron chi connectivity index (χ4n) is 2.64. The number of nitrogens with one attached hydrogen (secondary N) is 2. The minimum atomic E-state index is -1.10. The number of hydrogen-bond donors (Lipinski definition) is 3. The van der Waals surface area contributed by atoms with Crippen molar-refractivity contribution in [1.29, 1.82) is 0 Å². The van der Waals surface area contributed by atoms with Crippen LogP contribution in [0.3, 0.4) is 0 Å². The van der Waals surface area contributed by atoms with E-state index in [4.69, 9.17) is 5.11 Å². The second-order valence-electron chi connectivity index (χ2n) is 7.09. The maximum Gasteiger partial charge on any atom is 0.326 e. The van der Waals surface area contributed by atoms with Gasteiger partial charge in [0.25, 0.3) is 5.91 Å². The maximum atomic E-state index is 12.3. The standard InChI is InChI=1S/C18H25N5O4/c1-10(2)5-14(18(26)27)22-15(24)9-20-17(25)13-6-12-8-21-23(11(3)4)16(12)19-7-13/h6-8,10-11,14H,5,9H2,1-4H3,(H,20,25)(H,22,24)(H,26,27)/t14-/m0/s1. The van der Waals surface area contributed by atoms with E-state index < -0.39 is 23.8 Å². The van der Waals surface area contributed by atoms with Crippen molar-refractivity contribution in [1.82, 2.24) is 25.4 Å². The molecule has 2 heterocycles. The summed E-state index contributed by atoms with van der Waals surface area (Å²) in [5.41, 5.74) is 0.979. The molecule has 0 saturated heterocycles. The van der Waals surface area contributed by atoms with Crippen LogP contribution in [-0.2, 0) is 9.59 Å². The zero-order valence-electron chi connectivity index (χ0n) is 15.9. The molecule has 1 atom stereocenters. The Morgan fingerprint density at radius 2 is 1.89 bits per heavy atom. The topological polar surface area (TPSA) is 126 Å². The Kier molecular flexibility index (Phi) is 6.49. The smallest absolute Gasteiger partial charge is 0.326 e. The van der Waals surface area contributed by atoms with Crippen LogP contribution < -0.4 is 10.6 Å². The van der Waals surface area contributed by atoms with Gasteiger partial charge in [-0.25, -0.2) is 14.5 Å². The number of aliphatic carboxylic acids is 1. The van der Waals surface area contributed by atoms with Crippen LogP contribution in [0, 0.1) is 5.92 Å². The summed E-state index contributed by atoms with van der Waals surface area (Å²) in [6.45, 7) is 7.39. The molecule has 9 nitrogen and oxygen atoms in total. The van der Waals surface area contributed by atoms with Gasteiger partial charge in [-0.2, -0.15) is 5.10 Å². The van der Waals surface area contributed by atoms with Crippen molar-refractivity contribution in [3.8, 4) is 0 Å². The normalized spacial score (nSPS) is 12.4. The highest BCUT2D eigenvalue weighted by molar-refractivity contribution is 5.98. The largest absolute Gasteiger partial charge is 0.480 e. The third kappa shape index (κ3) is 5.25. The lowest BCUT2D eigenvalue weighted by Crippen LogP contribution is -2.46. The first-order valence-electron chi connectivity index (χ1n) is 8.82. The van der Waals surface area contributed by atoms with E-state index in [0.717, 1.165) is 5.39 Å². The van der Waals surface area contributed by atoms with Gasteiger partial charge < -0.3 is 15.7 Å². The van der Waals surface area contributed by atoms with E-state index in [2.05, 4.69) is 20.7 Å². The number of carboxylic acid groups (broad SMARTS) is 1. The summed E-state index contributed by atoms with van der Waals surface area (Å²) in [6.07, 6.45) is 3.37. The zero-order chi connectivity index (χ0) is 20.1. The van der Waals surface area contributed by atoms with Crippen molar-refractivity contribution < 1.29 is 19.5 Å². The maximum absolute atomic E-state index is 12.3. The number of carbonyl (C=O) groups excluding carboxylic acids is 2. The summed E-state index contributed by atoms with van der Waals surface area (Å²) in [6, 6.07) is 0.820. The Hall–Kier alpha value is -2.97. The lowest BCUT2D eigenvalue weighted by atomic mass is 10.0. The summed E-state index contributed by atoms with van der Waals surface area (Å²) >= 11 is 0. The van der Waals surface area contributed by atoms with Gasteiger partial charge in [-0.3, -0.25) is 9.59 Å². The van der Waals surface area contributed by atoms with Gasteiger partial charge in [0.15, 0.2) is 5.65 Å². The molecule has 0 spiro atoms. The molecule has 0 bridgehead atoms. The van der Waals surface area contributed by atoms with Crippen LogP contribution in [0.2, 0.25) is 0 Å². The molecule has 0 aromatic carbocycles. The Bertz CT molecular complexity index is 843. The molecule has 2 aromatic heterocycles. The van der Waals surface area contributed by atoms with Gasteiger partial charge in [0.1, 0.15) is 6.04 Å². The number of carbonyl (C=O) groups is 3. The average molecular weight is 375 g/mol. The molecule has 0 unspecified atom stereocenters. The highest BCUT2D eigenvalue weighted by atomic mass is 16.4. The van der Waals surface area contributed by atoms with Gasteiger partial charge in [0.05, 0.1) is 18.3 Å². The molecule has 27 heavy (non-hydrogen) atoms. The van der Waals surface area contributed by atoms with E-state index in [1.54, 1.807) is 16.9 Å². The molecule has 0 saturated carbocycles. The van der Waals surface area contributed by atoms with E-state index >= 15 is 0 Å². The molecule has 0 aliphatic heterocycles. The van der Waals surface area contributed by atoms with Gasteiger partial charge in [-0.05, 0) is 32.3 Å². The second-order valence-corrected chi connectivity index (χ2v) is 7.09. The third-order valence-corrected chi connectivity index (χ3v) is 3.93. The summed E-state index contributed by atoms with van der Waals surface area (Å²) in [4.78, 5) is 39.7. The van der Waals surface area contributed by atoms with Crippen LogP contribution in [0.25, 0.3) is 11.0 Å². The second kappa shape index (κ2) is 8.61. The van der Waals surface area contributed by atoms with Crippen LogP contribution in [0.1, 0.15) is 50.5 Å². The summed E-state index contributed by atoms with van der Waals surface area (Å²) in [7, 11) is 0.